The minimum atomic E-state index is -0.686. The van der Waals surface area contributed by atoms with Crippen molar-refractivity contribution in [2.24, 2.45) is 0 Å². The number of aliphatic carboxylic acids is 1. The Morgan fingerprint density at radius 2 is 1.12 bits per heavy atom. The lowest BCUT2D eigenvalue weighted by Gasteiger charge is -2.25. The molecule has 0 aromatic heterocycles. The molecule has 0 aliphatic carbocycles. The maximum atomic E-state index is 10.5. The summed E-state index contributed by atoms with van der Waals surface area (Å²) in [7, 11) is 0. The van der Waals surface area contributed by atoms with Crippen LogP contribution in [0.3, 0.4) is 0 Å². The molecular formula is C18H30Br6O2. The average molecular weight is 758 g/mol. The summed E-state index contributed by atoms with van der Waals surface area (Å²) in [5, 5.41) is 8.63. The van der Waals surface area contributed by atoms with E-state index in [1.54, 1.807) is 0 Å². The molecule has 0 amide bonds. The molecule has 0 saturated carbocycles. The summed E-state index contributed by atoms with van der Waals surface area (Å²) in [5.41, 5.74) is 0. The van der Waals surface area contributed by atoms with E-state index in [2.05, 4.69) is 103 Å². The summed E-state index contributed by atoms with van der Waals surface area (Å²) in [6.07, 6.45) is 9.99. The molecule has 2 nitrogen and oxygen atoms in total. The Kier molecular flexibility index (Phi) is 18.6. The van der Waals surface area contributed by atoms with E-state index < -0.39 is 5.97 Å². The van der Waals surface area contributed by atoms with Crippen molar-refractivity contribution in [3.05, 3.63) is 0 Å². The number of carboxylic acid groups (broad SMARTS) is 1. The largest absolute Gasteiger partial charge is 0.481 e. The van der Waals surface area contributed by atoms with Gasteiger partial charge in [0.1, 0.15) is 0 Å². The van der Waals surface area contributed by atoms with Gasteiger partial charge in [-0.1, -0.05) is 128 Å². The van der Waals surface area contributed by atoms with Crippen LogP contribution in [0.4, 0.5) is 0 Å². The van der Waals surface area contributed by atoms with Crippen molar-refractivity contribution in [1.82, 2.24) is 0 Å². The molecule has 1 N–H and O–H groups in total. The van der Waals surface area contributed by atoms with E-state index in [9.17, 15) is 4.79 Å². The lowest BCUT2D eigenvalue weighted by Crippen LogP contribution is -2.27. The van der Waals surface area contributed by atoms with Crippen molar-refractivity contribution in [3.63, 3.8) is 0 Å². The predicted molar refractivity (Wildman–Crippen MR) is 136 cm³/mol. The quantitative estimate of drug-likeness (QED) is 0.127. The summed E-state index contributed by atoms with van der Waals surface area (Å²) in [5.74, 6) is -0.686. The lowest BCUT2D eigenvalue weighted by molar-refractivity contribution is -0.137. The second-order valence-electron chi connectivity index (χ2n) is 6.68. The Labute approximate surface area is 209 Å². The van der Waals surface area contributed by atoms with Gasteiger partial charge in [0.2, 0.25) is 0 Å². The second-order valence-corrected chi connectivity index (χ2v) is 13.7. The Morgan fingerprint density at radius 1 is 0.692 bits per heavy atom. The van der Waals surface area contributed by atoms with Crippen LogP contribution in [0.2, 0.25) is 0 Å². The number of halogens is 6. The van der Waals surface area contributed by atoms with Crippen LogP contribution in [0.25, 0.3) is 0 Å². The van der Waals surface area contributed by atoms with Crippen molar-refractivity contribution in [2.75, 3.05) is 0 Å². The van der Waals surface area contributed by atoms with Crippen LogP contribution < -0.4 is 0 Å². The first-order chi connectivity index (χ1) is 12.2. The molecule has 0 unspecified atom stereocenters. The van der Waals surface area contributed by atoms with Crippen LogP contribution in [0, 0.1) is 0 Å². The Morgan fingerprint density at radius 3 is 1.62 bits per heavy atom. The minimum absolute atomic E-state index is 0.300. The van der Waals surface area contributed by atoms with Gasteiger partial charge in [-0.05, 0) is 32.1 Å². The maximum Gasteiger partial charge on any atom is 0.303 e. The molecule has 0 aromatic rings. The molecule has 26 heavy (non-hydrogen) atoms. The van der Waals surface area contributed by atoms with Crippen molar-refractivity contribution in [2.45, 2.75) is 100 Å². The summed E-state index contributed by atoms with van der Waals surface area (Å²) in [4.78, 5) is 13.2. The zero-order valence-corrected chi connectivity index (χ0v) is 24.7. The standard InChI is InChI=1S/C18H30Br6O2/c1-2-12(19)14(21)10-16(23)17(24)11-15(22)13(20)8-6-4-3-5-7-9-18(25)26/h12-17H,2-11H2,1H3,(H,25,26)/t12-,13+,14-,15-,16-,17+/m0/s1. The van der Waals surface area contributed by atoms with E-state index in [0.717, 1.165) is 44.9 Å². The zero-order valence-electron chi connectivity index (χ0n) is 15.2. The Hall–Kier alpha value is 2.35. The fourth-order valence-corrected chi connectivity index (χ4v) is 7.04. The summed E-state index contributed by atoms with van der Waals surface area (Å²) in [6, 6.07) is 0. The van der Waals surface area contributed by atoms with E-state index in [1.807, 2.05) is 0 Å². The molecule has 0 aliphatic rings. The van der Waals surface area contributed by atoms with Crippen LogP contribution in [-0.2, 0) is 4.79 Å². The van der Waals surface area contributed by atoms with Crippen LogP contribution in [0.1, 0.15) is 71.1 Å². The number of hydrogen-bond acceptors (Lipinski definition) is 1. The van der Waals surface area contributed by atoms with Crippen LogP contribution in [-0.4, -0.2) is 40.0 Å². The van der Waals surface area contributed by atoms with Gasteiger partial charge < -0.3 is 5.11 Å². The molecule has 0 saturated heterocycles. The van der Waals surface area contributed by atoms with E-state index in [4.69, 9.17) is 5.11 Å². The van der Waals surface area contributed by atoms with Crippen LogP contribution in [0.5, 0.6) is 0 Å². The summed E-state index contributed by atoms with van der Waals surface area (Å²) >= 11 is 22.9. The normalized spacial score (nSPS) is 18.7. The lowest BCUT2D eigenvalue weighted by atomic mass is 10.0. The first-order valence-corrected chi connectivity index (χ1v) is 14.7. The van der Waals surface area contributed by atoms with E-state index in [0.29, 0.717) is 35.4 Å². The molecule has 8 heteroatoms. The third kappa shape index (κ3) is 14.4. The monoisotopic (exact) mass is 752 g/mol. The van der Waals surface area contributed by atoms with Gasteiger partial charge in [-0.15, -0.1) is 0 Å². The van der Waals surface area contributed by atoms with Gasteiger partial charge >= 0.3 is 5.97 Å². The number of hydrogen-bond donors (Lipinski definition) is 1. The molecular weight excluding hydrogens is 728 g/mol. The first kappa shape index (κ1) is 28.4. The van der Waals surface area contributed by atoms with Crippen molar-refractivity contribution < 1.29 is 9.90 Å². The minimum Gasteiger partial charge on any atom is -0.481 e. The van der Waals surface area contributed by atoms with E-state index in [1.165, 1.54) is 12.8 Å². The Balaban J connectivity index is 3.94. The summed E-state index contributed by atoms with van der Waals surface area (Å²) < 4.78 is 0. The fraction of sp³-hybridized carbons (Fsp3) is 0.944. The Bertz CT molecular complexity index is 372. The summed E-state index contributed by atoms with van der Waals surface area (Å²) in [6.45, 7) is 2.19. The van der Waals surface area contributed by atoms with Gasteiger partial charge in [0.15, 0.2) is 0 Å². The molecule has 0 radical (unpaired) electrons. The zero-order chi connectivity index (χ0) is 20.1. The highest BCUT2D eigenvalue weighted by molar-refractivity contribution is 9.13. The van der Waals surface area contributed by atoms with Crippen LogP contribution >= 0.6 is 95.6 Å². The van der Waals surface area contributed by atoms with Gasteiger partial charge in [0.25, 0.3) is 0 Å². The maximum absolute atomic E-state index is 10.5. The molecule has 0 heterocycles. The number of alkyl halides is 6. The topological polar surface area (TPSA) is 37.3 Å². The van der Waals surface area contributed by atoms with Crippen molar-refractivity contribution in [1.29, 1.82) is 0 Å². The second kappa shape index (κ2) is 17.1. The van der Waals surface area contributed by atoms with Crippen molar-refractivity contribution in [3.8, 4) is 0 Å². The fourth-order valence-electron chi connectivity index (χ4n) is 2.60. The van der Waals surface area contributed by atoms with E-state index in [-0.39, 0.29) is 0 Å². The SMILES string of the molecule is CC[C@H](Br)[C@@H](Br)C[C@H](Br)[C@H](Br)C[C@H](Br)[C@H](Br)CCCCCCCC(=O)O. The third-order valence-electron chi connectivity index (χ3n) is 4.34. The van der Waals surface area contributed by atoms with Gasteiger partial charge in [0.05, 0.1) is 0 Å². The molecule has 0 bridgehead atoms. The van der Waals surface area contributed by atoms with E-state index >= 15 is 0 Å². The molecule has 0 rings (SSSR count). The molecule has 0 aliphatic heterocycles. The highest BCUT2D eigenvalue weighted by atomic mass is 79.9. The molecule has 0 fully saturated rings. The third-order valence-corrected chi connectivity index (χ3v) is 12.9. The number of unbranched alkanes of at least 4 members (excludes halogenated alkanes) is 4. The van der Waals surface area contributed by atoms with Gasteiger partial charge in [0, 0.05) is 35.4 Å². The first-order valence-electron chi connectivity index (χ1n) is 9.25. The predicted octanol–water partition coefficient (Wildman–Crippen LogP) is 8.57. The molecule has 6 atom stereocenters. The number of carbonyl (C=O) groups is 1. The number of rotatable bonds is 16. The van der Waals surface area contributed by atoms with Crippen molar-refractivity contribution >= 4 is 102 Å². The van der Waals surface area contributed by atoms with Gasteiger partial charge in [-0.25, -0.2) is 0 Å². The van der Waals surface area contributed by atoms with Crippen LogP contribution in [0.15, 0.2) is 0 Å². The van der Waals surface area contributed by atoms with Gasteiger partial charge in [-0.3, -0.25) is 4.79 Å². The molecule has 0 spiro atoms. The highest BCUT2D eigenvalue weighted by Crippen LogP contribution is 2.33. The highest BCUT2D eigenvalue weighted by Gasteiger charge is 2.26. The molecule has 156 valence electrons. The average Bonchev–Trinajstić information content (AvgIpc) is 2.59. The molecule has 0 aromatic carbocycles. The number of carboxylic acids is 1. The van der Waals surface area contributed by atoms with Gasteiger partial charge in [-0.2, -0.15) is 0 Å². The smallest absolute Gasteiger partial charge is 0.303 e.